The first kappa shape index (κ1) is 12.0. The Labute approximate surface area is 95.0 Å². The smallest absolute Gasteiger partial charge is 0.211 e. The number of nitrogens with zero attached hydrogens (tertiary/aromatic N) is 1. The zero-order valence-corrected chi connectivity index (χ0v) is 9.71. The maximum absolute atomic E-state index is 10.2. The van der Waals surface area contributed by atoms with Crippen LogP contribution in [0.1, 0.15) is 25.8 Å². The molecule has 15 heavy (non-hydrogen) atoms. The maximum atomic E-state index is 10.2. The average molecular weight is 224 g/mol. The minimum Gasteiger partial charge on any atom is -0.211 e. The second-order valence-electron chi connectivity index (χ2n) is 4.14. The van der Waals surface area contributed by atoms with Gasteiger partial charge >= 0.3 is 0 Å². The quantitative estimate of drug-likeness (QED) is 0.568. The molecule has 0 heterocycles. The molecule has 0 aliphatic carbocycles. The van der Waals surface area contributed by atoms with Crippen molar-refractivity contribution in [2.45, 2.75) is 32.2 Å². The lowest BCUT2D eigenvalue weighted by Crippen LogP contribution is -2.17. The third-order valence-corrected chi connectivity index (χ3v) is 2.54. The molecule has 1 aromatic carbocycles. The van der Waals surface area contributed by atoms with Gasteiger partial charge in [-0.15, -0.1) is 0 Å². The van der Waals surface area contributed by atoms with Crippen molar-refractivity contribution in [3.05, 3.63) is 34.9 Å². The second kappa shape index (κ2) is 5.11. The standard InChI is InChI=1S/C12H14ClNO/c1-12(2,14-9-15)8-7-10-3-5-11(13)6-4-10/h3-6H,7-8H2,1-2H3. The summed E-state index contributed by atoms with van der Waals surface area (Å²) in [5.41, 5.74) is 0.870. The maximum Gasteiger partial charge on any atom is 0.235 e. The number of rotatable bonds is 4. The Morgan fingerprint density at radius 1 is 1.33 bits per heavy atom. The molecule has 3 heteroatoms. The average Bonchev–Trinajstić information content (AvgIpc) is 2.17. The molecule has 0 radical (unpaired) electrons. The number of aliphatic imine (C=N–C) groups is 1. The van der Waals surface area contributed by atoms with Crippen LogP contribution in [0.5, 0.6) is 0 Å². The van der Waals surface area contributed by atoms with Gasteiger partial charge in [-0.05, 0) is 44.4 Å². The van der Waals surface area contributed by atoms with Crippen molar-refractivity contribution in [2.75, 3.05) is 0 Å². The van der Waals surface area contributed by atoms with E-state index in [1.165, 1.54) is 5.56 Å². The van der Waals surface area contributed by atoms with E-state index in [1.807, 2.05) is 38.1 Å². The largest absolute Gasteiger partial charge is 0.235 e. The Morgan fingerprint density at radius 2 is 1.93 bits per heavy atom. The van der Waals surface area contributed by atoms with Crippen LogP contribution < -0.4 is 0 Å². The van der Waals surface area contributed by atoms with Gasteiger partial charge in [0.05, 0.1) is 5.54 Å². The van der Waals surface area contributed by atoms with E-state index < -0.39 is 0 Å². The summed E-state index contributed by atoms with van der Waals surface area (Å²) in [5, 5.41) is 0.740. The molecule has 0 aliphatic rings. The van der Waals surface area contributed by atoms with Crippen LogP contribution in [-0.4, -0.2) is 11.6 Å². The van der Waals surface area contributed by atoms with Gasteiger partial charge in [0.15, 0.2) is 0 Å². The van der Waals surface area contributed by atoms with Crippen LogP contribution in [0, 0.1) is 0 Å². The number of hydrogen-bond donors (Lipinski definition) is 0. The number of benzene rings is 1. The Morgan fingerprint density at radius 3 is 2.47 bits per heavy atom. The summed E-state index contributed by atoms with van der Waals surface area (Å²) in [6.45, 7) is 3.85. The van der Waals surface area contributed by atoms with Gasteiger partial charge in [0, 0.05) is 5.02 Å². The van der Waals surface area contributed by atoms with Crippen LogP contribution in [0.3, 0.4) is 0 Å². The van der Waals surface area contributed by atoms with Crippen molar-refractivity contribution in [1.82, 2.24) is 0 Å². The summed E-state index contributed by atoms with van der Waals surface area (Å²) >= 11 is 5.78. The summed E-state index contributed by atoms with van der Waals surface area (Å²) in [4.78, 5) is 13.9. The van der Waals surface area contributed by atoms with E-state index in [0.29, 0.717) is 0 Å². The van der Waals surface area contributed by atoms with Gasteiger partial charge < -0.3 is 0 Å². The fourth-order valence-corrected chi connectivity index (χ4v) is 1.41. The molecule has 0 atom stereocenters. The van der Waals surface area contributed by atoms with Crippen LogP contribution in [0.2, 0.25) is 5.02 Å². The molecule has 2 nitrogen and oxygen atoms in total. The highest BCUT2D eigenvalue weighted by Gasteiger charge is 2.15. The molecule has 80 valence electrons. The summed E-state index contributed by atoms with van der Waals surface area (Å²) in [6.07, 6.45) is 3.31. The van der Waals surface area contributed by atoms with Crippen molar-refractivity contribution in [3.63, 3.8) is 0 Å². The van der Waals surface area contributed by atoms with Crippen LogP contribution in [0.25, 0.3) is 0 Å². The van der Waals surface area contributed by atoms with E-state index in [0.717, 1.165) is 17.9 Å². The molecule has 0 spiro atoms. The van der Waals surface area contributed by atoms with Gasteiger partial charge in [-0.25, -0.2) is 4.79 Å². The van der Waals surface area contributed by atoms with E-state index in [-0.39, 0.29) is 5.54 Å². The van der Waals surface area contributed by atoms with E-state index in [2.05, 4.69) is 4.99 Å². The second-order valence-corrected chi connectivity index (χ2v) is 4.58. The van der Waals surface area contributed by atoms with Gasteiger partial charge in [0.2, 0.25) is 6.08 Å². The van der Waals surface area contributed by atoms with E-state index in [1.54, 1.807) is 6.08 Å². The Hall–Kier alpha value is -1.11. The van der Waals surface area contributed by atoms with Gasteiger partial charge in [-0.1, -0.05) is 23.7 Å². The number of carbonyl (C=O) groups excluding carboxylic acids is 1. The number of isocyanates is 1. The van der Waals surface area contributed by atoms with Crippen LogP contribution in [-0.2, 0) is 11.2 Å². The highest BCUT2D eigenvalue weighted by atomic mass is 35.5. The molecule has 0 aliphatic heterocycles. The molecule has 0 N–H and O–H groups in total. The predicted molar refractivity (Wildman–Crippen MR) is 62.0 cm³/mol. The molecule has 0 bridgehead atoms. The van der Waals surface area contributed by atoms with Crippen molar-refractivity contribution >= 4 is 17.7 Å². The fourth-order valence-electron chi connectivity index (χ4n) is 1.28. The molecule has 0 amide bonds. The molecule has 0 saturated heterocycles. The fraction of sp³-hybridized carbons (Fsp3) is 0.417. The van der Waals surface area contributed by atoms with E-state index >= 15 is 0 Å². The minimum atomic E-state index is -0.332. The van der Waals surface area contributed by atoms with Crippen molar-refractivity contribution in [1.29, 1.82) is 0 Å². The van der Waals surface area contributed by atoms with Gasteiger partial charge in [0.25, 0.3) is 0 Å². The molecule has 1 rings (SSSR count). The summed E-state index contributed by atoms with van der Waals surface area (Å²) in [7, 11) is 0. The Bertz CT molecular complexity index is 364. The SMILES string of the molecule is CC(C)(CCc1ccc(Cl)cc1)N=C=O. The molecule has 0 fully saturated rings. The third kappa shape index (κ3) is 4.28. The van der Waals surface area contributed by atoms with E-state index in [4.69, 9.17) is 11.6 Å². The van der Waals surface area contributed by atoms with Crippen molar-refractivity contribution in [3.8, 4) is 0 Å². The first-order valence-electron chi connectivity index (χ1n) is 4.87. The number of hydrogen-bond acceptors (Lipinski definition) is 2. The van der Waals surface area contributed by atoms with Gasteiger partial charge in [0.1, 0.15) is 0 Å². The highest BCUT2D eigenvalue weighted by Crippen LogP contribution is 2.18. The monoisotopic (exact) mass is 223 g/mol. The molecule has 1 aromatic rings. The zero-order chi connectivity index (χ0) is 11.3. The van der Waals surface area contributed by atoms with Gasteiger partial charge in [-0.2, -0.15) is 4.99 Å². The normalized spacial score (nSPS) is 10.9. The molecule has 0 aromatic heterocycles. The molecular formula is C12H14ClNO. The number of aryl methyl sites for hydroxylation is 1. The summed E-state index contributed by atoms with van der Waals surface area (Å²) in [6, 6.07) is 7.71. The Balaban J connectivity index is 2.57. The molecule has 0 saturated carbocycles. The van der Waals surface area contributed by atoms with E-state index in [9.17, 15) is 4.79 Å². The highest BCUT2D eigenvalue weighted by molar-refractivity contribution is 6.30. The predicted octanol–water partition coefficient (Wildman–Crippen LogP) is 3.39. The van der Waals surface area contributed by atoms with Crippen LogP contribution >= 0.6 is 11.6 Å². The lowest BCUT2D eigenvalue weighted by Gasteiger charge is -2.16. The Kier molecular flexibility index (Phi) is 4.07. The summed E-state index contributed by atoms with van der Waals surface area (Å²) in [5.74, 6) is 0. The van der Waals surface area contributed by atoms with Gasteiger partial charge in [-0.3, -0.25) is 0 Å². The van der Waals surface area contributed by atoms with Crippen LogP contribution in [0.15, 0.2) is 29.3 Å². The first-order chi connectivity index (χ1) is 7.03. The first-order valence-corrected chi connectivity index (χ1v) is 5.25. The minimum absolute atomic E-state index is 0.332. The van der Waals surface area contributed by atoms with Crippen molar-refractivity contribution < 1.29 is 4.79 Å². The number of halogens is 1. The zero-order valence-electron chi connectivity index (χ0n) is 8.96. The lowest BCUT2D eigenvalue weighted by atomic mass is 9.96. The topological polar surface area (TPSA) is 29.4 Å². The molecule has 0 unspecified atom stereocenters. The van der Waals surface area contributed by atoms with Crippen LogP contribution in [0.4, 0.5) is 0 Å². The van der Waals surface area contributed by atoms with Crippen molar-refractivity contribution in [2.24, 2.45) is 4.99 Å². The summed E-state index contributed by atoms with van der Waals surface area (Å²) < 4.78 is 0. The molecular weight excluding hydrogens is 210 g/mol. The lowest BCUT2D eigenvalue weighted by molar-refractivity contribution is 0.470. The third-order valence-electron chi connectivity index (χ3n) is 2.29.